The number of benzene rings is 2. The van der Waals surface area contributed by atoms with Gasteiger partial charge in [-0.2, -0.15) is 0 Å². The van der Waals surface area contributed by atoms with Crippen molar-refractivity contribution in [1.29, 1.82) is 0 Å². The van der Waals surface area contributed by atoms with Crippen LogP contribution in [0.3, 0.4) is 0 Å². The third-order valence-electron chi connectivity index (χ3n) is 3.17. The zero-order valence-corrected chi connectivity index (χ0v) is 10.9. The highest BCUT2D eigenvalue weighted by molar-refractivity contribution is 9.09. The minimum Gasteiger partial charge on any atom is -0.492 e. The first-order valence-electron chi connectivity index (χ1n) is 5.77. The van der Waals surface area contributed by atoms with Crippen LogP contribution in [0.5, 0.6) is 5.75 Å². The molecular weight excluding hydrogens is 276 g/mol. The number of ether oxygens (including phenoxy) is 1. The summed E-state index contributed by atoms with van der Waals surface area (Å²) in [5, 5.41) is 0. The molecule has 0 saturated heterocycles. The lowest BCUT2D eigenvalue weighted by molar-refractivity contribution is 0.286. The monoisotopic (exact) mass is 288 g/mol. The predicted octanol–water partition coefficient (Wildman–Crippen LogP) is 3.97. The standard InChI is InChI=1S/C15H13BrO/c16-13-10-17-14-9-5-4-8-12(14)15(13)11-6-2-1-3-7-11/h1-9,13,15H,10H2/t13-,15-/m0/s1. The topological polar surface area (TPSA) is 9.23 Å². The third-order valence-corrected chi connectivity index (χ3v) is 3.97. The average molecular weight is 289 g/mol. The largest absolute Gasteiger partial charge is 0.492 e. The van der Waals surface area contributed by atoms with Crippen LogP contribution in [0.25, 0.3) is 0 Å². The Bertz CT molecular complexity index is 509. The van der Waals surface area contributed by atoms with E-state index in [-0.39, 0.29) is 0 Å². The fourth-order valence-corrected chi connectivity index (χ4v) is 3.10. The second-order valence-corrected chi connectivity index (χ2v) is 5.43. The van der Waals surface area contributed by atoms with Gasteiger partial charge in [0.2, 0.25) is 0 Å². The van der Waals surface area contributed by atoms with Gasteiger partial charge >= 0.3 is 0 Å². The van der Waals surface area contributed by atoms with Gasteiger partial charge in [-0.15, -0.1) is 0 Å². The molecule has 0 bridgehead atoms. The van der Waals surface area contributed by atoms with E-state index in [1.165, 1.54) is 11.1 Å². The molecule has 2 atom stereocenters. The van der Waals surface area contributed by atoms with Crippen LogP contribution in [0.15, 0.2) is 54.6 Å². The zero-order valence-electron chi connectivity index (χ0n) is 9.34. The molecule has 3 rings (SSSR count). The molecule has 1 aliphatic rings. The molecule has 0 saturated carbocycles. The fraction of sp³-hybridized carbons (Fsp3) is 0.200. The van der Waals surface area contributed by atoms with E-state index < -0.39 is 0 Å². The summed E-state index contributed by atoms with van der Waals surface area (Å²) >= 11 is 3.74. The smallest absolute Gasteiger partial charge is 0.123 e. The van der Waals surface area contributed by atoms with Gasteiger partial charge in [-0.05, 0) is 11.6 Å². The first kappa shape index (κ1) is 10.8. The lowest BCUT2D eigenvalue weighted by atomic mass is 9.87. The van der Waals surface area contributed by atoms with Gasteiger partial charge in [0.25, 0.3) is 0 Å². The molecule has 0 spiro atoms. The number of halogens is 1. The van der Waals surface area contributed by atoms with Crippen molar-refractivity contribution in [3.05, 3.63) is 65.7 Å². The van der Waals surface area contributed by atoms with Crippen LogP contribution < -0.4 is 4.74 Å². The van der Waals surface area contributed by atoms with Gasteiger partial charge in [0.15, 0.2) is 0 Å². The highest BCUT2D eigenvalue weighted by Crippen LogP contribution is 2.40. The van der Waals surface area contributed by atoms with Crippen LogP contribution in [-0.2, 0) is 0 Å². The van der Waals surface area contributed by atoms with Crippen molar-refractivity contribution in [3.8, 4) is 5.75 Å². The molecule has 1 aliphatic heterocycles. The minimum atomic E-state index is 0.333. The molecule has 1 nitrogen and oxygen atoms in total. The first-order chi connectivity index (χ1) is 8.36. The van der Waals surface area contributed by atoms with Crippen LogP contribution in [-0.4, -0.2) is 11.4 Å². The highest BCUT2D eigenvalue weighted by atomic mass is 79.9. The lowest BCUT2D eigenvalue weighted by Gasteiger charge is -2.30. The predicted molar refractivity (Wildman–Crippen MR) is 72.9 cm³/mol. The van der Waals surface area contributed by atoms with Crippen LogP contribution >= 0.6 is 15.9 Å². The number of hydrogen-bond acceptors (Lipinski definition) is 1. The van der Waals surface area contributed by atoms with Gasteiger partial charge in [-0.3, -0.25) is 0 Å². The lowest BCUT2D eigenvalue weighted by Crippen LogP contribution is -2.26. The number of alkyl halides is 1. The molecule has 0 N–H and O–H groups in total. The van der Waals surface area contributed by atoms with Gasteiger partial charge < -0.3 is 4.74 Å². The molecule has 0 aliphatic carbocycles. The molecule has 0 radical (unpaired) electrons. The molecular formula is C15H13BrO. The van der Waals surface area contributed by atoms with E-state index in [1.54, 1.807) is 0 Å². The van der Waals surface area contributed by atoms with Crippen molar-refractivity contribution >= 4 is 15.9 Å². The Hall–Kier alpha value is -1.28. The fourth-order valence-electron chi connectivity index (χ4n) is 2.38. The van der Waals surface area contributed by atoms with Crippen molar-refractivity contribution in [3.63, 3.8) is 0 Å². The number of rotatable bonds is 1. The van der Waals surface area contributed by atoms with E-state index in [0.29, 0.717) is 10.7 Å². The summed E-state index contributed by atoms with van der Waals surface area (Å²) in [5.74, 6) is 1.39. The number of hydrogen-bond donors (Lipinski definition) is 0. The molecule has 0 fully saturated rings. The van der Waals surface area contributed by atoms with Crippen molar-refractivity contribution in [2.45, 2.75) is 10.7 Å². The third kappa shape index (κ3) is 1.98. The summed E-state index contributed by atoms with van der Waals surface area (Å²) in [6, 6.07) is 18.9. The number of para-hydroxylation sites is 1. The number of fused-ring (bicyclic) bond motifs is 1. The van der Waals surface area contributed by atoms with E-state index in [9.17, 15) is 0 Å². The van der Waals surface area contributed by atoms with Gasteiger partial charge in [0.05, 0.1) is 4.83 Å². The van der Waals surface area contributed by atoms with Crippen LogP contribution in [0.4, 0.5) is 0 Å². The maximum Gasteiger partial charge on any atom is 0.123 e. The van der Waals surface area contributed by atoms with E-state index in [1.807, 2.05) is 12.1 Å². The summed E-state index contributed by atoms with van der Waals surface area (Å²) in [7, 11) is 0. The molecule has 17 heavy (non-hydrogen) atoms. The van der Waals surface area contributed by atoms with E-state index in [2.05, 4.69) is 58.4 Å². The highest BCUT2D eigenvalue weighted by Gasteiger charge is 2.29. The zero-order chi connectivity index (χ0) is 11.7. The summed E-state index contributed by atoms with van der Waals surface area (Å²) in [4.78, 5) is 0.333. The summed E-state index contributed by atoms with van der Waals surface area (Å²) < 4.78 is 5.74. The molecule has 0 amide bonds. The van der Waals surface area contributed by atoms with E-state index in [0.717, 1.165) is 12.4 Å². The van der Waals surface area contributed by atoms with Crippen molar-refractivity contribution in [1.82, 2.24) is 0 Å². The Morgan fingerprint density at radius 2 is 1.65 bits per heavy atom. The quantitative estimate of drug-likeness (QED) is 0.722. The molecule has 86 valence electrons. The van der Waals surface area contributed by atoms with E-state index >= 15 is 0 Å². The molecule has 2 heteroatoms. The SMILES string of the molecule is Br[C@H]1COc2ccccc2[C@@H]1c1ccccc1. The van der Waals surface area contributed by atoms with Gasteiger partial charge in [0.1, 0.15) is 12.4 Å². The molecule has 0 aromatic heterocycles. The summed E-state index contributed by atoms with van der Waals surface area (Å²) in [5.41, 5.74) is 2.61. The van der Waals surface area contributed by atoms with Crippen molar-refractivity contribution in [2.75, 3.05) is 6.61 Å². The maximum atomic E-state index is 5.74. The van der Waals surface area contributed by atoms with Crippen LogP contribution in [0, 0.1) is 0 Å². The second-order valence-electron chi connectivity index (χ2n) is 4.25. The summed E-state index contributed by atoms with van der Waals surface area (Å²) in [6.07, 6.45) is 0. The van der Waals surface area contributed by atoms with Crippen molar-refractivity contribution in [2.24, 2.45) is 0 Å². The Labute approximate surface area is 110 Å². The Kier molecular flexibility index (Phi) is 2.89. The van der Waals surface area contributed by atoms with Gasteiger partial charge in [-0.1, -0.05) is 64.5 Å². The maximum absolute atomic E-state index is 5.74. The van der Waals surface area contributed by atoms with Crippen molar-refractivity contribution < 1.29 is 4.74 Å². The van der Waals surface area contributed by atoms with E-state index in [4.69, 9.17) is 4.74 Å². The Balaban J connectivity index is 2.10. The second kappa shape index (κ2) is 4.53. The van der Waals surface area contributed by atoms with Gasteiger partial charge in [0, 0.05) is 11.5 Å². The first-order valence-corrected chi connectivity index (χ1v) is 6.68. The summed E-state index contributed by atoms with van der Waals surface area (Å²) in [6.45, 7) is 0.719. The van der Waals surface area contributed by atoms with Gasteiger partial charge in [-0.25, -0.2) is 0 Å². The van der Waals surface area contributed by atoms with Crippen LogP contribution in [0.1, 0.15) is 17.0 Å². The molecule has 2 aromatic rings. The molecule has 2 aromatic carbocycles. The normalized spacial score (nSPS) is 22.6. The Morgan fingerprint density at radius 1 is 0.941 bits per heavy atom. The molecule has 0 unspecified atom stereocenters. The van der Waals surface area contributed by atoms with Crippen LogP contribution in [0.2, 0.25) is 0 Å². The minimum absolute atomic E-state index is 0.333. The molecule has 1 heterocycles. The average Bonchev–Trinajstić information content (AvgIpc) is 2.39. The Morgan fingerprint density at radius 3 is 2.47 bits per heavy atom.